The van der Waals surface area contributed by atoms with Crippen molar-refractivity contribution in [3.63, 3.8) is 0 Å². The van der Waals surface area contributed by atoms with Crippen LogP contribution in [0.15, 0.2) is 55.0 Å². The molecular formula is C30H29F2N3O5. The number of nitrogens with one attached hydrogen (secondary N) is 1. The Morgan fingerprint density at radius 2 is 1.77 bits per heavy atom. The molecule has 1 N–H and O–H groups in total. The van der Waals surface area contributed by atoms with Gasteiger partial charge in [0.2, 0.25) is 0 Å². The SMILES string of the molecule is COc1cc2c(Oc3c(F)cc(NC(=O)c4cnccc4OC4CC4)cc3F)ccnc2cc1OCCC(C)C. The monoisotopic (exact) mass is 549 g/mol. The second kappa shape index (κ2) is 11.7. The van der Waals surface area contributed by atoms with Gasteiger partial charge in [0.05, 0.1) is 30.9 Å². The van der Waals surface area contributed by atoms with Gasteiger partial charge in [-0.1, -0.05) is 13.8 Å². The summed E-state index contributed by atoms with van der Waals surface area (Å²) in [5, 5.41) is 2.98. The molecule has 2 aromatic heterocycles. The summed E-state index contributed by atoms with van der Waals surface area (Å²) in [6.07, 6.45) is 7.09. The van der Waals surface area contributed by atoms with Gasteiger partial charge in [-0.2, -0.15) is 0 Å². The minimum absolute atomic E-state index is 0.0634. The van der Waals surface area contributed by atoms with E-state index in [1.165, 1.54) is 31.8 Å². The van der Waals surface area contributed by atoms with Crippen LogP contribution in [0.3, 0.4) is 0 Å². The smallest absolute Gasteiger partial charge is 0.261 e. The predicted octanol–water partition coefficient (Wildman–Crippen LogP) is 6.93. The molecule has 1 amide bonds. The molecule has 0 saturated heterocycles. The van der Waals surface area contributed by atoms with Gasteiger partial charge in [-0.3, -0.25) is 14.8 Å². The Balaban J connectivity index is 1.37. The highest BCUT2D eigenvalue weighted by atomic mass is 19.1. The maximum absolute atomic E-state index is 15.1. The number of ether oxygens (including phenoxy) is 4. The van der Waals surface area contributed by atoms with E-state index in [0.29, 0.717) is 40.7 Å². The lowest BCUT2D eigenvalue weighted by molar-refractivity contribution is 0.102. The zero-order valence-corrected chi connectivity index (χ0v) is 22.4. The van der Waals surface area contributed by atoms with Crippen LogP contribution >= 0.6 is 0 Å². The number of methoxy groups -OCH3 is 1. The second-order valence-corrected chi connectivity index (χ2v) is 9.87. The van der Waals surface area contributed by atoms with E-state index in [4.69, 9.17) is 18.9 Å². The zero-order chi connectivity index (χ0) is 28.2. The molecule has 2 aromatic carbocycles. The summed E-state index contributed by atoms with van der Waals surface area (Å²) >= 11 is 0. The fraction of sp³-hybridized carbons (Fsp3) is 0.300. The Hall–Kier alpha value is -4.47. The van der Waals surface area contributed by atoms with Crippen molar-refractivity contribution in [1.82, 2.24) is 9.97 Å². The summed E-state index contributed by atoms with van der Waals surface area (Å²) in [6, 6.07) is 8.41. The van der Waals surface area contributed by atoms with Gasteiger partial charge in [0.15, 0.2) is 28.9 Å². The molecule has 0 unspecified atom stereocenters. The highest BCUT2D eigenvalue weighted by molar-refractivity contribution is 6.06. The molecule has 1 saturated carbocycles. The number of carbonyl (C=O) groups is 1. The summed E-state index contributed by atoms with van der Waals surface area (Å²) in [5.41, 5.74) is 0.585. The standard InChI is InChI=1S/C30H29F2N3O5/c1-17(2)8-11-38-28-15-24-20(14-27(28)37-3)25(7-10-34-24)40-29-22(31)12-18(13-23(29)32)35-30(36)21-16-33-9-6-26(21)39-19-4-5-19/h6-7,9-10,12-17,19H,4-5,8,11H2,1-3H3,(H,35,36). The number of rotatable bonds is 11. The van der Waals surface area contributed by atoms with E-state index in [9.17, 15) is 4.79 Å². The minimum atomic E-state index is -0.999. The van der Waals surface area contributed by atoms with E-state index in [1.807, 2.05) is 0 Å². The molecule has 0 radical (unpaired) electrons. The number of anilines is 1. The van der Waals surface area contributed by atoms with Crippen LogP contribution in [0.25, 0.3) is 10.9 Å². The summed E-state index contributed by atoms with van der Waals surface area (Å²) < 4.78 is 53.0. The first-order chi connectivity index (χ1) is 19.3. The van der Waals surface area contributed by atoms with E-state index in [0.717, 1.165) is 31.4 Å². The number of benzene rings is 2. The third-order valence-corrected chi connectivity index (χ3v) is 6.25. The van der Waals surface area contributed by atoms with E-state index in [1.54, 1.807) is 18.2 Å². The molecule has 5 rings (SSSR count). The quantitative estimate of drug-likeness (QED) is 0.217. The Kier molecular flexibility index (Phi) is 7.95. The molecule has 10 heteroatoms. The Morgan fingerprint density at radius 3 is 2.48 bits per heavy atom. The normalized spacial score (nSPS) is 12.8. The Morgan fingerprint density at radius 1 is 1.02 bits per heavy atom. The number of fused-ring (bicyclic) bond motifs is 1. The van der Waals surface area contributed by atoms with Gasteiger partial charge in [-0.25, -0.2) is 8.78 Å². The topological polar surface area (TPSA) is 91.8 Å². The van der Waals surface area contributed by atoms with Crippen molar-refractivity contribution in [2.75, 3.05) is 19.0 Å². The van der Waals surface area contributed by atoms with Crippen LogP contribution in [-0.4, -0.2) is 35.7 Å². The summed E-state index contributed by atoms with van der Waals surface area (Å²) in [6.45, 7) is 4.71. The minimum Gasteiger partial charge on any atom is -0.493 e. The maximum atomic E-state index is 15.1. The third-order valence-electron chi connectivity index (χ3n) is 6.25. The number of amides is 1. The van der Waals surface area contributed by atoms with Crippen molar-refractivity contribution in [3.8, 4) is 28.7 Å². The summed E-state index contributed by atoms with van der Waals surface area (Å²) in [4.78, 5) is 21.1. The highest BCUT2D eigenvalue weighted by Gasteiger charge is 2.26. The van der Waals surface area contributed by atoms with E-state index >= 15 is 8.78 Å². The van der Waals surface area contributed by atoms with Crippen molar-refractivity contribution in [2.45, 2.75) is 39.2 Å². The zero-order valence-electron chi connectivity index (χ0n) is 22.4. The number of halogens is 2. The fourth-order valence-corrected chi connectivity index (χ4v) is 3.95. The fourth-order valence-electron chi connectivity index (χ4n) is 3.95. The van der Waals surface area contributed by atoms with Gasteiger partial charge in [0.1, 0.15) is 11.5 Å². The van der Waals surface area contributed by atoms with Crippen molar-refractivity contribution in [3.05, 3.63) is 72.2 Å². The molecule has 1 aliphatic carbocycles. The first-order valence-electron chi connectivity index (χ1n) is 13.0. The van der Waals surface area contributed by atoms with Gasteiger partial charge in [0, 0.05) is 47.9 Å². The molecule has 2 heterocycles. The van der Waals surface area contributed by atoms with Crippen LogP contribution in [0.1, 0.15) is 43.5 Å². The van der Waals surface area contributed by atoms with Crippen LogP contribution in [0.2, 0.25) is 0 Å². The number of carbonyl (C=O) groups excluding carboxylic acids is 1. The van der Waals surface area contributed by atoms with Gasteiger partial charge in [0.25, 0.3) is 5.91 Å². The Bertz CT molecular complexity index is 1520. The lowest BCUT2D eigenvalue weighted by atomic mass is 10.1. The molecule has 208 valence electrons. The van der Waals surface area contributed by atoms with E-state index in [2.05, 4.69) is 29.1 Å². The van der Waals surface area contributed by atoms with Crippen molar-refractivity contribution in [2.24, 2.45) is 5.92 Å². The van der Waals surface area contributed by atoms with Gasteiger partial charge in [-0.05, 0) is 43.4 Å². The van der Waals surface area contributed by atoms with Crippen molar-refractivity contribution in [1.29, 1.82) is 0 Å². The first-order valence-corrected chi connectivity index (χ1v) is 13.0. The number of aromatic nitrogens is 2. The molecule has 0 aliphatic heterocycles. The molecule has 0 atom stereocenters. The molecule has 1 aliphatic rings. The van der Waals surface area contributed by atoms with Crippen LogP contribution in [0.5, 0.6) is 28.7 Å². The van der Waals surface area contributed by atoms with Gasteiger partial charge < -0.3 is 24.3 Å². The molecule has 40 heavy (non-hydrogen) atoms. The second-order valence-electron chi connectivity index (χ2n) is 9.87. The average molecular weight is 550 g/mol. The van der Waals surface area contributed by atoms with E-state index < -0.39 is 23.3 Å². The van der Waals surface area contributed by atoms with Crippen LogP contribution < -0.4 is 24.3 Å². The molecule has 8 nitrogen and oxygen atoms in total. The predicted molar refractivity (Wildman–Crippen MR) is 146 cm³/mol. The first kappa shape index (κ1) is 27.1. The molecule has 4 aromatic rings. The summed E-state index contributed by atoms with van der Waals surface area (Å²) in [7, 11) is 1.51. The largest absolute Gasteiger partial charge is 0.493 e. The molecule has 0 bridgehead atoms. The number of pyridine rings is 2. The number of nitrogens with zero attached hydrogens (tertiary/aromatic N) is 2. The van der Waals surface area contributed by atoms with Gasteiger partial charge >= 0.3 is 0 Å². The third kappa shape index (κ3) is 6.22. The average Bonchev–Trinajstić information content (AvgIpc) is 3.74. The van der Waals surface area contributed by atoms with Gasteiger partial charge in [-0.15, -0.1) is 0 Å². The molecule has 1 fully saturated rings. The lowest BCUT2D eigenvalue weighted by Gasteiger charge is -2.15. The van der Waals surface area contributed by atoms with Crippen LogP contribution in [0.4, 0.5) is 14.5 Å². The number of hydrogen-bond acceptors (Lipinski definition) is 7. The van der Waals surface area contributed by atoms with Crippen molar-refractivity contribution >= 4 is 22.5 Å². The summed E-state index contributed by atoms with van der Waals surface area (Å²) in [5.74, 6) is -1.26. The van der Waals surface area contributed by atoms with Crippen molar-refractivity contribution < 1.29 is 32.5 Å². The van der Waals surface area contributed by atoms with E-state index in [-0.39, 0.29) is 23.1 Å². The lowest BCUT2D eigenvalue weighted by Crippen LogP contribution is -2.15. The highest BCUT2D eigenvalue weighted by Crippen LogP contribution is 2.39. The molecular weight excluding hydrogens is 520 g/mol. The number of hydrogen-bond donors (Lipinski definition) is 1. The Labute approximate surface area is 230 Å². The van der Waals surface area contributed by atoms with Crippen LogP contribution in [0, 0.1) is 17.6 Å². The van der Waals surface area contributed by atoms with Crippen LogP contribution in [-0.2, 0) is 0 Å². The maximum Gasteiger partial charge on any atom is 0.261 e. The molecule has 0 spiro atoms.